The molecule has 112 valence electrons. The number of benzene rings is 1. The van der Waals surface area contributed by atoms with Crippen LogP contribution >= 0.6 is 0 Å². The lowest BCUT2D eigenvalue weighted by Gasteiger charge is -2.16. The number of nitrogens with one attached hydrogen (secondary N) is 1. The van der Waals surface area contributed by atoms with E-state index < -0.39 is 14.8 Å². The van der Waals surface area contributed by atoms with Crippen molar-refractivity contribution in [3.8, 4) is 0 Å². The van der Waals surface area contributed by atoms with E-state index in [0.29, 0.717) is 18.8 Å². The lowest BCUT2D eigenvalue weighted by molar-refractivity contribution is -0.384. The molecular weight excluding hydrogens is 282 g/mol. The van der Waals surface area contributed by atoms with E-state index in [1.54, 1.807) is 19.2 Å². The van der Waals surface area contributed by atoms with Crippen molar-refractivity contribution in [3.63, 3.8) is 0 Å². The lowest BCUT2D eigenvalue weighted by atomic mass is 10.1. The van der Waals surface area contributed by atoms with E-state index in [2.05, 4.69) is 5.32 Å². The highest BCUT2D eigenvalue weighted by Crippen LogP contribution is 2.25. The average molecular weight is 301 g/mol. The van der Waals surface area contributed by atoms with Gasteiger partial charge in [-0.15, -0.1) is 0 Å². The smallest absolute Gasteiger partial charge is 0.292 e. The van der Waals surface area contributed by atoms with E-state index in [1.807, 2.05) is 11.9 Å². The minimum atomic E-state index is -2.99. The monoisotopic (exact) mass is 301 g/mol. The first-order valence-corrected chi connectivity index (χ1v) is 8.10. The summed E-state index contributed by atoms with van der Waals surface area (Å²) < 4.78 is 22.2. The Labute approximate surface area is 118 Å². The van der Waals surface area contributed by atoms with E-state index in [4.69, 9.17) is 0 Å². The molecule has 0 saturated carbocycles. The van der Waals surface area contributed by atoms with Gasteiger partial charge in [-0.2, -0.15) is 0 Å². The molecule has 1 aromatic rings. The van der Waals surface area contributed by atoms with Crippen molar-refractivity contribution >= 4 is 21.2 Å². The number of sulfone groups is 1. The molecule has 0 bridgehead atoms. The molecular formula is C12H19N3O4S. The number of nitrogens with zero attached hydrogens (tertiary/aromatic N) is 2. The summed E-state index contributed by atoms with van der Waals surface area (Å²) in [4.78, 5) is 12.2. The zero-order valence-corrected chi connectivity index (χ0v) is 12.6. The second kappa shape index (κ2) is 6.67. The van der Waals surface area contributed by atoms with Gasteiger partial charge in [-0.1, -0.05) is 6.07 Å². The molecule has 0 unspecified atom stereocenters. The van der Waals surface area contributed by atoms with Crippen LogP contribution < -0.4 is 5.32 Å². The van der Waals surface area contributed by atoms with E-state index in [1.165, 1.54) is 12.3 Å². The Hall–Kier alpha value is -1.67. The molecule has 1 N–H and O–H groups in total. The third kappa shape index (κ3) is 5.14. The third-order valence-corrected chi connectivity index (χ3v) is 3.75. The van der Waals surface area contributed by atoms with Gasteiger partial charge in [0.25, 0.3) is 5.69 Å². The van der Waals surface area contributed by atoms with Crippen LogP contribution in [0.5, 0.6) is 0 Å². The molecule has 0 aliphatic rings. The number of hydrogen-bond acceptors (Lipinski definition) is 6. The van der Waals surface area contributed by atoms with Gasteiger partial charge in [0.1, 0.15) is 15.5 Å². The maximum Gasteiger partial charge on any atom is 0.292 e. The number of anilines is 1. The Bertz CT molecular complexity index is 586. The van der Waals surface area contributed by atoms with Crippen LogP contribution in [-0.2, 0) is 16.4 Å². The molecule has 0 spiro atoms. The fourth-order valence-corrected chi connectivity index (χ4v) is 2.40. The molecule has 20 heavy (non-hydrogen) atoms. The molecule has 0 aliphatic heterocycles. The fraction of sp³-hybridized carbons (Fsp3) is 0.500. The quantitative estimate of drug-likeness (QED) is 0.599. The third-order valence-electron chi connectivity index (χ3n) is 2.82. The van der Waals surface area contributed by atoms with Gasteiger partial charge in [-0.25, -0.2) is 8.42 Å². The first-order chi connectivity index (χ1) is 9.23. The molecule has 0 radical (unpaired) electrons. The summed E-state index contributed by atoms with van der Waals surface area (Å²) in [5, 5.41) is 13.6. The molecule has 0 amide bonds. The Morgan fingerprint density at radius 1 is 1.40 bits per heavy atom. The minimum Gasteiger partial charge on any atom is -0.383 e. The molecule has 8 heteroatoms. The van der Waals surface area contributed by atoms with Crippen LogP contribution in [0.4, 0.5) is 11.4 Å². The number of nitro benzene ring substituents is 1. The molecule has 0 atom stereocenters. The van der Waals surface area contributed by atoms with Crippen molar-refractivity contribution in [2.24, 2.45) is 0 Å². The second-order valence-corrected chi connectivity index (χ2v) is 6.99. The summed E-state index contributed by atoms with van der Waals surface area (Å²) >= 11 is 0. The van der Waals surface area contributed by atoms with Crippen molar-refractivity contribution in [2.45, 2.75) is 6.54 Å². The van der Waals surface area contributed by atoms with Crippen molar-refractivity contribution < 1.29 is 13.3 Å². The van der Waals surface area contributed by atoms with Gasteiger partial charge in [-0.05, 0) is 18.7 Å². The second-order valence-electron chi connectivity index (χ2n) is 4.73. The lowest BCUT2D eigenvalue weighted by Crippen LogP contribution is -2.24. The van der Waals surface area contributed by atoms with Gasteiger partial charge in [0.15, 0.2) is 0 Å². The number of hydrogen-bond donors (Lipinski definition) is 1. The van der Waals surface area contributed by atoms with Gasteiger partial charge in [0.2, 0.25) is 0 Å². The van der Waals surface area contributed by atoms with Crippen LogP contribution in [0.15, 0.2) is 18.2 Å². The average Bonchev–Trinajstić information content (AvgIpc) is 2.35. The Morgan fingerprint density at radius 3 is 2.55 bits per heavy atom. The van der Waals surface area contributed by atoms with Crippen LogP contribution in [0.25, 0.3) is 0 Å². The molecule has 0 aromatic heterocycles. The van der Waals surface area contributed by atoms with Gasteiger partial charge in [-0.3, -0.25) is 10.1 Å². The minimum absolute atomic E-state index is 0.0232. The molecule has 7 nitrogen and oxygen atoms in total. The summed E-state index contributed by atoms with van der Waals surface area (Å²) in [5.41, 5.74) is 1.36. The van der Waals surface area contributed by atoms with Gasteiger partial charge >= 0.3 is 0 Å². The van der Waals surface area contributed by atoms with Crippen LogP contribution in [-0.4, -0.2) is 50.9 Å². The molecule has 0 aliphatic carbocycles. The highest BCUT2D eigenvalue weighted by atomic mass is 32.2. The van der Waals surface area contributed by atoms with E-state index in [-0.39, 0.29) is 11.4 Å². The molecule has 0 heterocycles. The van der Waals surface area contributed by atoms with Gasteiger partial charge in [0, 0.05) is 32.5 Å². The summed E-state index contributed by atoms with van der Waals surface area (Å²) in [6, 6.07) is 4.83. The molecule has 1 rings (SSSR count). The number of nitro groups is 1. The topological polar surface area (TPSA) is 92.6 Å². The first-order valence-electron chi connectivity index (χ1n) is 6.04. The Kier molecular flexibility index (Phi) is 5.46. The Morgan fingerprint density at radius 2 is 2.05 bits per heavy atom. The normalized spacial score (nSPS) is 11.6. The SMILES string of the molecule is CNc1cc(CN(C)CCS(C)(=O)=O)ccc1[N+](=O)[O-]. The van der Waals surface area contributed by atoms with Crippen LogP contribution in [0, 0.1) is 10.1 Å². The Balaban J connectivity index is 2.76. The number of rotatable bonds is 7. The zero-order valence-electron chi connectivity index (χ0n) is 11.8. The van der Waals surface area contributed by atoms with Gasteiger partial charge in [0.05, 0.1) is 10.7 Å². The van der Waals surface area contributed by atoms with Crippen molar-refractivity contribution in [1.29, 1.82) is 0 Å². The highest BCUT2D eigenvalue weighted by molar-refractivity contribution is 7.90. The highest BCUT2D eigenvalue weighted by Gasteiger charge is 2.13. The van der Waals surface area contributed by atoms with Crippen molar-refractivity contribution in [2.75, 3.05) is 38.0 Å². The largest absolute Gasteiger partial charge is 0.383 e. The van der Waals surface area contributed by atoms with Crippen molar-refractivity contribution in [3.05, 3.63) is 33.9 Å². The van der Waals surface area contributed by atoms with Crippen molar-refractivity contribution in [1.82, 2.24) is 4.90 Å². The van der Waals surface area contributed by atoms with Gasteiger partial charge < -0.3 is 10.2 Å². The first kappa shape index (κ1) is 16.4. The van der Waals surface area contributed by atoms with E-state index in [9.17, 15) is 18.5 Å². The predicted molar refractivity (Wildman–Crippen MR) is 78.7 cm³/mol. The summed E-state index contributed by atoms with van der Waals surface area (Å²) in [6.45, 7) is 0.951. The van der Waals surface area contributed by atoms with E-state index in [0.717, 1.165) is 5.56 Å². The summed E-state index contributed by atoms with van der Waals surface area (Å²) in [7, 11) is 0.450. The maximum atomic E-state index is 11.1. The fourth-order valence-electron chi connectivity index (χ4n) is 1.75. The predicted octanol–water partition coefficient (Wildman–Crippen LogP) is 1.11. The zero-order chi connectivity index (χ0) is 15.3. The molecule has 0 fully saturated rings. The molecule has 0 saturated heterocycles. The maximum absolute atomic E-state index is 11.1. The van der Waals surface area contributed by atoms with Crippen LogP contribution in [0.1, 0.15) is 5.56 Å². The summed E-state index contributed by atoms with van der Waals surface area (Å²) in [6.07, 6.45) is 1.20. The van der Waals surface area contributed by atoms with E-state index >= 15 is 0 Å². The summed E-state index contributed by atoms with van der Waals surface area (Å²) in [5.74, 6) is 0.0926. The standard InChI is InChI=1S/C12H19N3O4S/c1-13-11-8-10(4-5-12(11)15(16)17)9-14(2)6-7-20(3,18)19/h4-5,8,13H,6-7,9H2,1-3H3. The van der Waals surface area contributed by atoms with Crippen LogP contribution in [0.3, 0.4) is 0 Å². The molecule has 1 aromatic carbocycles. The van der Waals surface area contributed by atoms with Crippen LogP contribution in [0.2, 0.25) is 0 Å².